The van der Waals surface area contributed by atoms with Gasteiger partial charge in [-0.05, 0) is 188 Å². The standard InChI is InChI=1S/C78H48BN3/c1-5-21-49(22-6-1)53-39-54(50-23-7-2-8-24-50)41-59(40-53)81-73-46-56-44-68-66-36-20-18-34-64(66)63-33-17-19-35-65(63)67(68)43-55(56)45-71(73)79-77-69(47-60(48-74(77)81)80(57-27-9-3-10-28-57)58-29-11-4-12-30-58)70-42-52-26-14-16-32-62(52)76-75-61-31-15-13-25-51(61)37-38-72(75)82(79)78(70)76/h1-48H. The number of aromatic nitrogens is 1. The first-order valence-corrected chi connectivity index (χ1v) is 28.5. The highest BCUT2D eigenvalue weighted by atomic mass is 15.2. The monoisotopic (exact) mass is 1040 g/mol. The second-order valence-corrected chi connectivity index (χ2v) is 22.3. The van der Waals surface area contributed by atoms with Crippen LogP contribution in [0, 0.1) is 0 Å². The third-order valence-corrected chi connectivity index (χ3v) is 17.9. The molecule has 378 valence electrons. The van der Waals surface area contributed by atoms with E-state index in [1.54, 1.807) is 0 Å². The van der Waals surface area contributed by atoms with Crippen molar-refractivity contribution < 1.29 is 0 Å². The predicted molar refractivity (Wildman–Crippen MR) is 351 cm³/mol. The molecule has 0 atom stereocenters. The molecule has 4 heteroatoms. The van der Waals surface area contributed by atoms with Gasteiger partial charge in [0.25, 0.3) is 0 Å². The van der Waals surface area contributed by atoms with Crippen LogP contribution in [0.3, 0.4) is 0 Å². The number of fused-ring (bicyclic) bond motifs is 18. The molecule has 0 fully saturated rings. The minimum atomic E-state index is -0.207. The van der Waals surface area contributed by atoms with Crippen LogP contribution in [0.1, 0.15) is 0 Å². The van der Waals surface area contributed by atoms with Crippen LogP contribution in [0.4, 0.5) is 34.1 Å². The molecule has 0 saturated heterocycles. The normalized spacial score (nSPS) is 12.6. The van der Waals surface area contributed by atoms with E-state index in [0.717, 1.165) is 45.3 Å². The van der Waals surface area contributed by atoms with Crippen LogP contribution in [-0.4, -0.2) is 11.3 Å². The zero-order chi connectivity index (χ0) is 53.6. The van der Waals surface area contributed by atoms with E-state index in [9.17, 15) is 0 Å². The third-order valence-electron chi connectivity index (χ3n) is 17.9. The molecule has 0 radical (unpaired) electrons. The van der Waals surface area contributed by atoms with E-state index in [1.165, 1.54) is 120 Å². The molecule has 2 aliphatic heterocycles. The Hall–Kier alpha value is -10.7. The van der Waals surface area contributed by atoms with Crippen LogP contribution in [0.5, 0.6) is 0 Å². The second-order valence-electron chi connectivity index (χ2n) is 22.3. The first-order chi connectivity index (χ1) is 40.7. The van der Waals surface area contributed by atoms with Gasteiger partial charge in [-0.3, -0.25) is 0 Å². The lowest BCUT2D eigenvalue weighted by atomic mass is 9.45. The smallest absolute Gasteiger partial charge is 0.333 e. The molecule has 0 saturated carbocycles. The van der Waals surface area contributed by atoms with Gasteiger partial charge in [0.15, 0.2) is 0 Å². The minimum Gasteiger partial charge on any atom is -0.375 e. The Kier molecular flexibility index (Phi) is 9.60. The molecule has 0 spiro atoms. The summed E-state index contributed by atoms with van der Waals surface area (Å²) in [6, 6.07) is 109. The quantitative estimate of drug-likeness (QED) is 0.0934. The topological polar surface area (TPSA) is 11.4 Å². The molecule has 3 heterocycles. The van der Waals surface area contributed by atoms with Gasteiger partial charge in [0.1, 0.15) is 0 Å². The summed E-state index contributed by atoms with van der Waals surface area (Å²) in [6.45, 7) is -0.207. The Morgan fingerprint density at radius 2 is 0.793 bits per heavy atom. The van der Waals surface area contributed by atoms with Crippen molar-refractivity contribution in [1.82, 2.24) is 4.48 Å². The van der Waals surface area contributed by atoms with Gasteiger partial charge in [-0.1, -0.05) is 206 Å². The molecule has 0 amide bonds. The van der Waals surface area contributed by atoms with E-state index >= 15 is 0 Å². The molecule has 0 bridgehead atoms. The Labute approximate surface area is 474 Å². The van der Waals surface area contributed by atoms with Gasteiger partial charge in [0, 0.05) is 61.5 Å². The summed E-state index contributed by atoms with van der Waals surface area (Å²) in [5.74, 6) is 0. The van der Waals surface area contributed by atoms with Crippen molar-refractivity contribution in [3.05, 3.63) is 291 Å². The first kappa shape index (κ1) is 45.2. The van der Waals surface area contributed by atoms with Crippen LogP contribution in [0.15, 0.2) is 291 Å². The maximum atomic E-state index is 2.75. The zero-order valence-corrected chi connectivity index (χ0v) is 44.6. The average Bonchev–Trinajstić information content (AvgIpc) is 2.11. The van der Waals surface area contributed by atoms with E-state index in [0.29, 0.717) is 0 Å². The van der Waals surface area contributed by atoms with Gasteiger partial charge >= 0.3 is 6.85 Å². The largest absolute Gasteiger partial charge is 0.375 e. The van der Waals surface area contributed by atoms with Gasteiger partial charge < -0.3 is 14.3 Å². The summed E-state index contributed by atoms with van der Waals surface area (Å²) in [5.41, 5.74) is 18.9. The van der Waals surface area contributed by atoms with Crippen LogP contribution in [-0.2, 0) is 0 Å². The molecule has 16 aromatic rings. The Bertz CT molecular complexity index is 5250. The molecule has 15 aromatic carbocycles. The fraction of sp³-hybridized carbons (Fsp3) is 0. The number of para-hydroxylation sites is 2. The fourth-order valence-corrected chi connectivity index (χ4v) is 14.5. The van der Waals surface area contributed by atoms with E-state index in [2.05, 4.69) is 305 Å². The van der Waals surface area contributed by atoms with Crippen molar-refractivity contribution in [2.45, 2.75) is 0 Å². The van der Waals surface area contributed by atoms with Crippen LogP contribution in [0.2, 0.25) is 0 Å². The van der Waals surface area contributed by atoms with Crippen molar-refractivity contribution in [1.29, 1.82) is 0 Å². The Morgan fingerprint density at radius 1 is 0.293 bits per heavy atom. The van der Waals surface area contributed by atoms with Crippen LogP contribution >= 0.6 is 0 Å². The maximum Gasteiger partial charge on any atom is 0.333 e. The van der Waals surface area contributed by atoms with E-state index in [1.807, 2.05) is 0 Å². The van der Waals surface area contributed by atoms with Gasteiger partial charge in [0.2, 0.25) is 0 Å². The molecule has 0 N–H and O–H groups in total. The number of benzene rings is 15. The van der Waals surface area contributed by atoms with Crippen molar-refractivity contribution in [2.24, 2.45) is 0 Å². The third kappa shape index (κ3) is 6.55. The highest BCUT2D eigenvalue weighted by Gasteiger charge is 2.44. The molecule has 0 unspecified atom stereocenters. The summed E-state index contributed by atoms with van der Waals surface area (Å²) in [4.78, 5) is 5.08. The fourth-order valence-electron chi connectivity index (χ4n) is 14.5. The highest BCUT2D eigenvalue weighted by molar-refractivity contribution is 6.90. The molecule has 2 aliphatic rings. The number of hydrogen-bond acceptors (Lipinski definition) is 2. The number of anilines is 6. The average molecular weight is 1040 g/mol. The predicted octanol–water partition coefficient (Wildman–Crippen LogP) is 19.9. The van der Waals surface area contributed by atoms with Gasteiger partial charge in [-0.25, -0.2) is 0 Å². The molecular formula is C78H48BN3. The SMILES string of the molecule is c1ccc(-c2cc(-c3ccccc3)cc(N3c4cc5cc6c7ccccc7c7ccccc7c6cc5cc4B4c5c(cc(N(c6ccccc6)c6ccccc6)cc53)-c3cc5ccccc5c5c6c7ccccc7ccc6n4c35)c2)cc1. The second kappa shape index (κ2) is 17.4. The van der Waals surface area contributed by atoms with Crippen molar-refractivity contribution in [3.63, 3.8) is 0 Å². The Morgan fingerprint density at radius 3 is 1.39 bits per heavy atom. The molecule has 0 aliphatic carbocycles. The van der Waals surface area contributed by atoms with E-state index in [-0.39, 0.29) is 6.85 Å². The number of hydrogen-bond donors (Lipinski definition) is 0. The summed E-state index contributed by atoms with van der Waals surface area (Å²) in [6.07, 6.45) is 0. The van der Waals surface area contributed by atoms with Crippen LogP contribution < -0.4 is 20.7 Å². The lowest BCUT2D eigenvalue weighted by Crippen LogP contribution is -2.56. The van der Waals surface area contributed by atoms with Gasteiger partial charge in [-0.15, -0.1) is 0 Å². The number of rotatable bonds is 6. The maximum absolute atomic E-state index is 2.75. The van der Waals surface area contributed by atoms with Crippen molar-refractivity contribution in [3.8, 4) is 33.4 Å². The first-order valence-electron chi connectivity index (χ1n) is 28.5. The Balaban J connectivity index is 1.04. The molecule has 18 rings (SSSR count). The highest BCUT2D eigenvalue weighted by Crippen LogP contribution is 2.52. The van der Waals surface area contributed by atoms with Crippen molar-refractivity contribution in [2.75, 3.05) is 9.80 Å². The molecule has 3 nitrogen and oxygen atoms in total. The van der Waals surface area contributed by atoms with Gasteiger partial charge in [0.05, 0.1) is 0 Å². The summed E-state index contributed by atoms with van der Waals surface area (Å²) in [5, 5.41) is 17.6. The summed E-state index contributed by atoms with van der Waals surface area (Å²) >= 11 is 0. The van der Waals surface area contributed by atoms with Gasteiger partial charge in [-0.2, -0.15) is 0 Å². The lowest BCUT2D eigenvalue weighted by Gasteiger charge is -2.42. The minimum absolute atomic E-state index is 0.207. The zero-order valence-electron chi connectivity index (χ0n) is 44.6. The lowest BCUT2D eigenvalue weighted by molar-refractivity contribution is 1.24. The molecular weight excluding hydrogens is 990 g/mol. The van der Waals surface area contributed by atoms with E-state index in [4.69, 9.17) is 0 Å². The molecule has 1 aromatic heterocycles. The summed E-state index contributed by atoms with van der Waals surface area (Å²) in [7, 11) is 0. The summed E-state index contributed by atoms with van der Waals surface area (Å²) < 4.78 is 2.75. The number of nitrogens with zero attached hydrogens (tertiary/aromatic N) is 3. The van der Waals surface area contributed by atoms with Crippen LogP contribution in [0.25, 0.3) is 120 Å². The van der Waals surface area contributed by atoms with Crippen molar-refractivity contribution >= 4 is 138 Å². The van der Waals surface area contributed by atoms with E-state index < -0.39 is 0 Å². The molecule has 82 heavy (non-hydrogen) atoms.